The summed E-state index contributed by atoms with van der Waals surface area (Å²) in [5.74, 6) is 4.69. The van der Waals surface area contributed by atoms with Crippen LogP contribution in [-0.2, 0) is 4.79 Å². The third kappa shape index (κ3) is 2.74. The minimum absolute atomic E-state index is 0.256. The Balaban J connectivity index is 1.26. The van der Waals surface area contributed by atoms with E-state index < -0.39 is 0 Å². The molecule has 0 aromatic heterocycles. The van der Waals surface area contributed by atoms with Crippen molar-refractivity contribution in [2.24, 2.45) is 29.6 Å². The van der Waals surface area contributed by atoms with Crippen LogP contribution in [0.15, 0.2) is 24.3 Å². The molecule has 4 heteroatoms. The van der Waals surface area contributed by atoms with Crippen LogP contribution < -0.4 is 10.1 Å². The van der Waals surface area contributed by atoms with Gasteiger partial charge in [0.25, 0.3) is 0 Å². The molecule has 1 amide bonds. The summed E-state index contributed by atoms with van der Waals surface area (Å²) in [6.07, 6.45) is 6.65. The molecule has 1 aromatic carbocycles. The van der Waals surface area contributed by atoms with Crippen molar-refractivity contribution < 1.29 is 9.53 Å². The second-order valence-corrected chi connectivity index (χ2v) is 8.79. The van der Waals surface area contributed by atoms with Crippen molar-refractivity contribution in [1.29, 1.82) is 0 Å². The minimum Gasteiger partial charge on any atom is -0.497 e. The molecule has 5 unspecified atom stereocenters. The number of hydrogen-bond acceptors (Lipinski definition) is 3. The van der Waals surface area contributed by atoms with Crippen molar-refractivity contribution in [2.75, 3.05) is 26.7 Å². The Morgan fingerprint density at radius 2 is 1.96 bits per heavy atom. The van der Waals surface area contributed by atoms with Gasteiger partial charge in [-0.05, 0) is 86.6 Å². The van der Waals surface area contributed by atoms with Gasteiger partial charge in [-0.15, -0.1) is 0 Å². The summed E-state index contributed by atoms with van der Waals surface area (Å²) in [6, 6.07) is 8.60. The predicted octanol–water partition coefficient (Wildman–Crippen LogP) is 3.24. The van der Waals surface area contributed by atoms with Crippen molar-refractivity contribution in [3.8, 4) is 5.75 Å². The number of benzene rings is 1. The number of amides is 1. The molecule has 2 bridgehead atoms. The smallest absolute Gasteiger partial charge is 0.223 e. The van der Waals surface area contributed by atoms with E-state index in [2.05, 4.69) is 28.4 Å². The van der Waals surface area contributed by atoms with Crippen LogP contribution in [0.4, 0.5) is 0 Å². The van der Waals surface area contributed by atoms with Gasteiger partial charge in [-0.25, -0.2) is 0 Å². The fourth-order valence-corrected chi connectivity index (χ4v) is 6.35. The number of ether oxygens (including phenoxy) is 1. The van der Waals surface area contributed by atoms with Gasteiger partial charge in [0.15, 0.2) is 0 Å². The molecule has 140 valence electrons. The van der Waals surface area contributed by atoms with Gasteiger partial charge in [0.05, 0.1) is 13.2 Å². The Labute approximate surface area is 156 Å². The van der Waals surface area contributed by atoms with E-state index in [0.29, 0.717) is 11.8 Å². The van der Waals surface area contributed by atoms with Gasteiger partial charge in [-0.3, -0.25) is 9.69 Å². The maximum absolute atomic E-state index is 12.9. The predicted molar refractivity (Wildman–Crippen MR) is 101 cm³/mol. The highest BCUT2D eigenvalue weighted by Crippen LogP contribution is 2.69. The zero-order chi connectivity index (χ0) is 17.7. The number of nitrogens with zero attached hydrogens (tertiary/aromatic N) is 1. The van der Waals surface area contributed by atoms with Crippen molar-refractivity contribution in [2.45, 2.75) is 38.1 Å². The third-order valence-corrected chi connectivity index (χ3v) is 7.57. The third-order valence-electron chi connectivity index (χ3n) is 7.57. The van der Waals surface area contributed by atoms with E-state index in [9.17, 15) is 4.79 Å². The lowest BCUT2D eigenvalue weighted by molar-refractivity contribution is -0.123. The molecule has 4 aliphatic rings. The van der Waals surface area contributed by atoms with E-state index in [1.807, 2.05) is 6.07 Å². The van der Waals surface area contributed by atoms with Crippen LogP contribution >= 0.6 is 0 Å². The molecular weight excluding hydrogens is 324 g/mol. The van der Waals surface area contributed by atoms with Crippen LogP contribution in [0.1, 0.15) is 43.7 Å². The van der Waals surface area contributed by atoms with Crippen LogP contribution in [0.2, 0.25) is 0 Å². The van der Waals surface area contributed by atoms with Crippen LogP contribution in [-0.4, -0.2) is 37.6 Å². The average molecular weight is 354 g/mol. The van der Waals surface area contributed by atoms with Crippen LogP contribution in [0.25, 0.3) is 0 Å². The highest BCUT2D eigenvalue weighted by molar-refractivity contribution is 5.82. The fraction of sp³-hybridized carbons (Fsp3) is 0.682. The molecule has 3 aliphatic carbocycles. The van der Waals surface area contributed by atoms with Crippen LogP contribution in [0.3, 0.4) is 0 Å². The summed E-state index contributed by atoms with van der Waals surface area (Å²) in [4.78, 5) is 15.4. The molecule has 1 heterocycles. The van der Waals surface area contributed by atoms with Gasteiger partial charge in [0.2, 0.25) is 5.91 Å². The molecule has 4 fully saturated rings. The SMILES string of the molecule is COc1cccc(C(CNC(=O)C2C3C4CCC(C4)C23)N2CCCC2)c1. The molecule has 1 N–H and O–H groups in total. The first kappa shape index (κ1) is 16.6. The van der Waals surface area contributed by atoms with E-state index in [0.717, 1.165) is 49.1 Å². The molecule has 4 nitrogen and oxygen atoms in total. The van der Waals surface area contributed by atoms with Gasteiger partial charge in [0, 0.05) is 12.5 Å². The minimum atomic E-state index is 0.256. The van der Waals surface area contributed by atoms with E-state index in [1.54, 1.807) is 7.11 Å². The Morgan fingerprint density at radius 1 is 1.23 bits per heavy atom. The zero-order valence-corrected chi connectivity index (χ0v) is 15.7. The molecule has 0 spiro atoms. The number of fused-ring (bicyclic) bond motifs is 5. The van der Waals surface area contributed by atoms with Crippen LogP contribution in [0.5, 0.6) is 5.75 Å². The van der Waals surface area contributed by atoms with E-state index in [1.165, 1.54) is 37.7 Å². The molecule has 1 saturated heterocycles. The topological polar surface area (TPSA) is 41.6 Å². The van der Waals surface area contributed by atoms with E-state index >= 15 is 0 Å². The Morgan fingerprint density at radius 3 is 2.65 bits per heavy atom. The molecule has 26 heavy (non-hydrogen) atoms. The number of methoxy groups -OCH3 is 1. The van der Waals surface area contributed by atoms with Gasteiger partial charge in [0.1, 0.15) is 5.75 Å². The van der Waals surface area contributed by atoms with Gasteiger partial charge < -0.3 is 10.1 Å². The number of rotatable bonds is 6. The first-order chi connectivity index (χ1) is 12.8. The quantitative estimate of drug-likeness (QED) is 0.853. The first-order valence-electron chi connectivity index (χ1n) is 10.4. The normalized spacial score (nSPS) is 36.0. The Bertz CT molecular complexity index is 668. The summed E-state index contributed by atoms with van der Waals surface area (Å²) in [5.41, 5.74) is 1.25. The zero-order valence-electron chi connectivity index (χ0n) is 15.7. The largest absolute Gasteiger partial charge is 0.497 e. The molecule has 1 aliphatic heterocycles. The van der Waals surface area contributed by atoms with Crippen LogP contribution in [0, 0.1) is 29.6 Å². The maximum Gasteiger partial charge on any atom is 0.223 e. The van der Waals surface area contributed by atoms with Gasteiger partial charge in [-0.1, -0.05) is 12.1 Å². The monoisotopic (exact) mass is 354 g/mol. The maximum atomic E-state index is 12.9. The Kier molecular flexibility index (Phi) is 4.19. The summed E-state index contributed by atoms with van der Waals surface area (Å²) in [6.45, 7) is 2.96. The lowest BCUT2D eigenvalue weighted by Crippen LogP contribution is -2.38. The number of likely N-dealkylation sites (tertiary alicyclic amines) is 1. The summed E-state index contributed by atoms with van der Waals surface area (Å²) >= 11 is 0. The van der Waals surface area contributed by atoms with Crippen molar-refractivity contribution in [3.05, 3.63) is 29.8 Å². The molecule has 5 rings (SSSR count). The molecule has 1 aromatic rings. The standard InChI is InChI=1S/C22H30N2O2/c1-26-17-6-4-5-14(12-17)18(24-9-2-3-10-24)13-23-22(25)21-19-15-7-8-16(11-15)20(19)21/h4-6,12,15-16,18-21H,2-3,7-11,13H2,1H3,(H,23,25). The molecule has 3 saturated carbocycles. The summed E-state index contributed by atoms with van der Waals surface area (Å²) in [7, 11) is 1.71. The number of hydrogen-bond donors (Lipinski definition) is 1. The van der Waals surface area contributed by atoms with Crippen molar-refractivity contribution in [3.63, 3.8) is 0 Å². The van der Waals surface area contributed by atoms with Crippen molar-refractivity contribution >= 4 is 5.91 Å². The lowest BCUT2D eigenvalue weighted by Gasteiger charge is -2.28. The van der Waals surface area contributed by atoms with Crippen molar-refractivity contribution in [1.82, 2.24) is 10.2 Å². The molecular formula is C22H30N2O2. The first-order valence-corrected chi connectivity index (χ1v) is 10.4. The van der Waals surface area contributed by atoms with Gasteiger partial charge in [-0.2, -0.15) is 0 Å². The fourth-order valence-electron chi connectivity index (χ4n) is 6.35. The Hall–Kier alpha value is -1.55. The number of nitrogens with one attached hydrogen (secondary N) is 1. The number of carbonyl (C=O) groups is 1. The summed E-state index contributed by atoms with van der Waals surface area (Å²) in [5, 5.41) is 3.33. The number of carbonyl (C=O) groups excluding carboxylic acids is 1. The van der Waals surface area contributed by atoms with Gasteiger partial charge >= 0.3 is 0 Å². The second kappa shape index (κ2) is 6.56. The van der Waals surface area contributed by atoms with E-state index in [4.69, 9.17) is 4.74 Å². The van der Waals surface area contributed by atoms with E-state index in [-0.39, 0.29) is 6.04 Å². The molecule has 0 radical (unpaired) electrons. The summed E-state index contributed by atoms with van der Waals surface area (Å²) < 4.78 is 5.42. The average Bonchev–Trinajstić information content (AvgIpc) is 3.06. The second-order valence-electron chi connectivity index (χ2n) is 8.79. The highest BCUT2D eigenvalue weighted by Gasteiger charge is 2.67. The lowest BCUT2D eigenvalue weighted by atomic mass is 10.0. The molecule has 5 atom stereocenters. The highest BCUT2D eigenvalue weighted by atomic mass is 16.5.